The van der Waals surface area contributed by atoms with Crippen LogP contribution in [0.3, 0.4) is 0 Å². The summed E-state index contributed by atoms with van der Waals surface area (Å²) in [6.07, 6.45) is -3.15. The van der Waals surface area contributed by atoms with E-state index in [1.54, 1.807) is 17.4 Å². The Kier molecular flexibility index (Phi) is 5.64. The van der Waals surface area contributed by atoms with E-state index in [1.165, 1.54) is 26.7 Å². The fraction of sp³-hybridized carbons (Fsp3) is 0.333. The van der Waals surface area contributed by atoms with E-state index in [-0.39, 0.29) is 12.4 Å². The molecule has 1 aliphatic rings. The largest absolute Gasteiger partial charge is 0.508 e. The van der Waals surface area contributed by atoms with Crippen molar-refractivity contribution in [3.05, 3.63) is 64.5 Å². The van der Waals surface area contributed by atoms with Crippen molar-refractivity contribution in [1.82, 2.24) is 0 Å². The molecule has 0 amide bonds. The number of hydrogen-bond donors (Lipinski definition) is 5. The lowest BCUT2D eigenvalue weighted by atomic mass is 9.95. The molecular formula is C21H22O5S2. The molecule has 1 saturated heterocycles. The van der Waals surface area contributed by atoms with Crippen molar-refractivity contribution in [2.24, 2.45) is 0 Å². The Balaban J connectivity index is 1.63. The van der Waals surface area contributed by atoms with Crippen molar-refractivity contribution < 1.29 is 25.5 Å². The highest BCUT2D eigenvalue weighted by atomic mass is 32.2. The van der Waals surface area contributed by atoms with Gasteiger partial charge in [0.25, 0.3) is 0 Å². The van der Waals surface area contributed by atoms with Crippen molar-refractivity contribution in [1.29, 1.82) is 0 Å². The molecule has 2 aromatic carbocycles. The van der Waals surface area contributed by atoms with Gasteiger partial charge in [0.1, 0.15) is 11.9 Å². The monoisotopic (exact) mass is 418 g/mol. The van der Waals surface area contributed by atoms with Crippen LogP contribution < -0.4 is 0 Å². The Bertz CT molecular complexity index is 937. The van der Waals surface area contributed by atoms with Crippen molar-refractivity contribution in [3.63, 3.8) is 0 Å². The van der Waals surface area contributed by atoms with Gasteiger partial charge < -0.3 is 25.5 Å². The maximum atomic E-state index is 10.5. The third-order valence-corrected chi connectivity index (χ3v) is 7.87. The fourth-order valence-corrected chi connectivity index (χ4v) is 6.17. The molecule has 1 aliphatic heterocycles. The first-order valence-corrected chi connectivity index (χ1v) is 10.8. The lowest BCUT2D eigenvalue weighted by Crippen LogP contribution is -2.51. The molecule has 0 spiro atoms. The van der Waals surface area contributed by atoms with Crippen LogP contribution in [0.15, 0.2) is 48.5 Å². The zero-order valence-corrected chi connectivity index (χ0v) is 16.6. The summed E-state index contributed by atoms with van der Waals surface area (Å²) >= 11 is 2.89. The molecule has 7 heteroatoms. The molecular weight excluding hydrogens is 396 g/mol. The van der Waals surface area contributed by atoms with Gasteiger partial charge >= 0.3 is 0 Å². The van der Waals surface area contributed by atoms with Crippen LogP contribution in [-0.2, 0) is 6.42 Å². The molecule has 1 aromatic heterocycles. The zero-order valence-electron chi connectivity index (χ0n) is 15.0. The van der Waals surface area contributed by atoms with Crippen LogP contribution in [-0.4, -0.2) is 55.7 Å². The predicted molar refractivity (Wildman–Crippen MR) is 112 cm³/mol. The van der Waals surface area contributed by atoms with Gasteiger partial charge in [-0.15, -0.1) is 23.1 Å². The number of phenols is 1. The molecule has 4 rings (SSSR count). The van der Waals surface area contributed by atoms with Crippen LogP contribution in [0.25, 0.3) is 10.1 Å². The highest BCUT2D eigenvalue weighted by molar-refractivity contribution is 8.00. The number of benzene rings is 2. The first-order chi connectivity index (χ1) is 13.5. The van der Waals surface area contributed by atoms with E-state index in [4.69, 9.17) is 0 Å². The van der Waals surface area contributed by atoms with Crippen molar-refractivity contribution in [3.8, 4) is 5.75 Å². The third-order valence-electron chi connectivity index (χ3n) is 5.15. The summed E-state index contributed by atoms with van der Waals surface area (Å²) in [6, 6.07) is 15.6. The number of thiophene rings is 1. The minimum Gasteiger partial charge on any atom is -0.508 e. The van der Waals surface area contributed by atoms with Crippen LogP contribution in [0.4, 0.5) is 0 Å². The number of aliphatic hydroxyl groups is 4. The van der Waals surface area contributed by atoms with Gasteiger partial charge in [0.05, 0.1) is 29.3 Å². The molecule has 0 radical (unpaired) electrons. The summed E-state index contributed by atoms with van der Waals surface area (Å²) in [4.78, 5) is 1.19. The molecule has 3 aromatic rings. The molecule has 5 nitrogen and oxygen atoms in total. The first kappa shape index (κ1) is 19.7. The maximum absolute atomic E-state index is 10.5. The van der Waals surface area contributed by atoms with E-state index in [2.05, 4.69) is 18.2 Å². The van der Waals surface area contributed by atoms with Crippen molar-refractivity contribution >= 4 is 33.2 Å². The first-order valence-electron chi connectivity index (χ1n) is 9.07. The van der Waals surface area contributed by atoms with E-state index >= 15 is 0 Å². The Labute approximate surface area is 170 Å². The van der Waals surface area contributed by atoms with Gasteiger partial charge in [0.2, 0.25) is 0 Å². The number of rotatable bonds is 4. The summed E-state index contributed by atoms with van der Waals surface area (Å²) in [5.74, 6) is 0.0249. The van der Waals surface area contributed by atoms with Gasteiger partial charge in [-0.05, 0) is 29.1 Å². The Morgan fingerprint density at radius 2 is 1.68 bits per heavy atom. The molecule has 0 saturated carbocycles. The smallest absolute Gasteiger partial charge is 0.120 e. The van der Waals surface area contributed by atoms with E-state index in [0.29, 0.717) is 12.0 Å². The molecule has 0 unspecified atom stereocenters. The van der Waals surface area contributed by atoms with Crippen molar-refractivity contribution in [2.45, 2.75) is 35.2 Å². The minimum atomic E-state index is -1.38. The predicted octanol–water partition coefficient (Wildman–Crippen LogP) is 2.43. The van der Waals surface area contributed by atoms with Gasteiger partial charge in [-0.2, -0.15) is 0 Å². The molecule has 2 heterocycles. The SMILES string of the molecule is OC[C@H]1S[C@@H](c2cc(Cc3cc4ccccc4s3)ccc2O)[C@H](O)[C@@H](O)[C@@H]1O. The van der Waals surface area contributed by atoms with Gasteiger partial charge in [0, 0.05) is 21.6 Å². The lowest BCUT2D eigenvalue weighted by Gasteiger charge is -2.39. The Morgan fingerprint density at radius 3 is 2.43 bits per heavy atom. The number of phenolic OH excluding ortho intramolecular Hbond substituents is 1. The summed E-state index contributed by atoms with van der Waals surface area (Å²) in [5.41, 5.74) is 1.48. The number of aromatic hydroxyl groups is 1. The van der Waals surface area contributed by atoms with Gasteiger partial charge in [-0.1, -0.05) is 30.3 Å². The van der Waals surface area contributed by atoms with Crippen LogP contribution in [0.5, 0.6) is 5.75 Å². The van der Waals surface area contributed by atoms with Crippen LogP contribution >= 0.6 is 23.1 Å². The quantitative estimate of drug-likeness (QED) is 0.446. The lowest BCUT2D eigenvalue weighted by molar-refractivity contribution is -0.0701. The molecule has 0 bridgehead atoms. The average Bonchev–Trinajstić information content (AvgIpc) is 3.10. The molecule has 5 N–H and O–H groups in total. The molecule has 0 aliphatic carbocycles. The van der Waals surface area contributed by atoms with E-state index in [1.807, 2.05) is 24.3 Å². The van der Waals surface area contributed by atoms with E-state index in [0.717, 1.165) is 5.56 Å². The summed E-state index contributed by atoms with van der Waals surface area (Å²) in [7, 11) is 0. The highest BCUT2D eigenvalue weighted by Crippen LogP contribution is 2.46. The highest BCUT2D eigenvalue weighted by Gasteiger charge is 2.44. The summed E-state index contributed by atoms with van der Waals surface area (Å²) in [6.45, 7) is -0.325. The van der Waals surface area contributed by atoms with E-state index < -0.39 is 28.8 Å². The van der Waals surface area contributed by atoms with Crippen LogP contribution in [0.1, 0.15) is 21.3 Å². The number of aliphatic hydroxyl groups excluding tert-OH is 4. The second kappa shape index (κ2) is 8.02. The van der Waals surface area contributed by atoms with Crippen LogP contribution in [0.2, 0.25) is 0 Å². The second-order valence-corrected chi connectivity index (χ2v) is 9.62. The van der Waals surface area contributed by atoms with E-state index in [9.17, 15) is 25.5 Å². The van der Waals surface area contributed by atoms with Gasteiger partial charge in [-0.25, -0.2) is 0 Å². The van der Waals surface area contributed by atoms with Gasteiger partial charge in [-0.3, -0.25) is 0 Å². The Hall–Kier alpha value is -1.61. The van der Waals surface area contributed by atoms with Crippen LogP contribution in [0, 0.1) is 0 Å². The molecule has 28 heavy (non-hydrogen) atoms. The number of fused-ring (bicyclic) bond motifs is 1. The topological polar surface area (TPSA) is 101 Å². The number of thioether (sulfide) groups is 1. The standard InChI is InChI=1S/C21H22O5S2/c22-10-17-18(24)19(25)20(26)21(28-17)14-8-11(5-6-15(14)23)7-13-9-12-3-1-2-4-16(12)27-13/h1-6,8-9,17-26H,7,10H2/t17-,18-,19+,20-,21+/m1/s1. The third kappa shape index (κ3) is 3.66. The maximum Gasteiger partial charge on any atom is 0.120 e. The molecule has 1 fully saturated rings. The number of hydrogen-bond acceptors (Lipinski definition) is 7. The fourth-order valence-electron chi connectivity index (χ4n) is 3.63. The Morgan fingerprint density at radius 1 is 0.893 bits per heavy atom. The second-order valence-electron chi connectivity index (χ2n) is 7.07. The van der Waals surface area contributed by atoms with Gasteiger partial charge in [0.15, 0.2) is 0 Å². The summed E-state index contributed by atoms with van der Waals surface area (Å²) in [5, 5.41) is 50.4. The normalized spacial score (nSPS) is 27.9. The minimum absolute atomic E-state index is 0.0249. The van der Waals surface area contributed by atoms with Crippen molar-refractivity contribution in [2.75, 3.05) is 6.61 Å². The zero-order chi connectivity index (χ0) is 19.8. The molecule has 148 valence electrons. The summed E-state index contributed by atoms with van der Waals surface area (Å²) < 4.78 is 1.22. The molecule has 5 atom stereocenters. The average molecular weight is 419 g/mol.